The maximum Gasteiger partial charge on any atom is 0.414 e. The number of hydrogen-bond donors (Lipinski definition) is 2. The second kappa shape index (κ2) is 19.8. The van der Waals surface area contributed by atoms with Gasteiger partial charge in [0.15, 0.2) is 0 Å². The molecule has 4 saturated heterocycles. The lowest BCUT2D eigenvalue weighted by molar-refractivity contribution is -0.119. The number of nitrogens with zero attached hydrogens (tertiary/aromatic N) is 4. The molecule has 0 aromatic heterocycles. The second-order valence-corrected chi connectivity index (χ2v) is 12.3. The van der Waals surface area contributed by atoms with Crippen molar-refractivity contribution in [1.29, 1.82) is 0 Å². The van der Waals surface area contributed by atoms with Crippen LogP contribution in [0.1, 0.15) is 0 Å². The predicted molar refractivity (Wildman–Crippen MR) is 188 cm³/mol. The van der Waals surface area contributed by atoms with E-state index in [1.807, 2.05) is 9.80 Å². The molecule has 14 nitrogen and oxygen atoms in total. The van der Waals surface area contributed by atoms with E-state index < -0.39 is 29.4 Å². The summed E-state index contributed by atoms with van der Waals surface area (Å²) >= 11 is 14.9. The van der Waals surface area contributed by atoms with Crippen molar-refractivity contribution in [2.75, 3.05) is 110 Å². The van der Waals surface area contributed by atoms with Crippen molar-refractivity contribution in [2.45, 2.75) is 12.2 Å². The average molecular weight is 780 g/mol. The molecule has 4 aliphatic rings. The fraction of sp³-hybridized carbons (Fsp3) is 0.500. The van der Waals surface area contributed by atoms with Gasteiger partial charge in [-0.2, -0.15) is 0 Å². The van der Waals surface area contributed by atoms with Gasteiger partial charge in [-0.15, -0.1) is 23.2 Å². The number of amides is 3. The molecule has 0 bridgehead atoms. The molecule has 2 aromatic rings. The van der Waals surface area contributed by atoms with E-state index in [9.17, 15) is 28.0 Å². The summed E-state index contributed by atoms with van der Waals surface area (Å²) in [4.78, 5) is 51.0. The Morgan fingerprint density at radius 2 is 1.20 bits per heavy atom. The summed E-state index contributed by atoms with van der Waals surface area (Å²) < 4.78 is 49.6. The van der Waals surface area contributed by atoms with Crippen molar-refractivity contribution in [3.63, 3.8) is 0 Å². The summed E-state index contributed by atoms with van der Waals surface area (Å²) in [6.07, 6.45) is -1.88. The van der Waals surface area contributed by atoms with Gasteiger partial charge in [0.2, 0.25) is 11.1 Å². The van der Waals surface area contributed by atoms with Crippen LogP contribution in [0.4, 0.5) is 41.1 Å². The highest BCUT2D eigenvalue weighted by Gasteiger charge is 2.34. The fourth-order valence-corrected chi connectivity index (χ4v) is 5.51. The maximum atomic E-state index is 14.5. The zero-order chi connectivity index (χ0) is 36.9. The van der Waals surface area contributed by atoms with Crippen LogP contribution >= 0.6 is 34.8 Å². The van der Waals surface area contributed by atoms with Gasteiger partial charge in [-0.3, -0.25) is 19.4 Å². The Hall–Kier alpha value is -3.67. The predicted octanol–water partition coefficient (Wildman–Crippen LogP) is 3.28. The molecule has 2 aromatic carbocycles. The van der Waals surface area contributed by atoms with Gasteiger partial charge in [0.05, 0.1) is 74.7 Å². The molecule has 3 N–H and O–H groups in total. The minimum atomic E-state index is -0.566. The van der Waals surface area contributed by atoms with Gasteiger partial charge in [-0.1, -0.05) is 0 Å². The van der Waals surface area contributed by atoms with E-state index in [0.29, 0.717) is 81.9 Å². The SMILES string of the molecule is NC[C@H]1CN(c2ccc(N3CCOCC3)c(F)c2)C(=O)O1.O=C(CCl)NC[C@H]1CN(c2ccc(N3CCOCC3)c(F)c2)C(=O)O1.O=C(Cl)CCl. The minimum Gasteiger partial charge on any atom is -0.443 e. The Kier molecular flexibility index (Phi) is 15.6. The highest BCUT2D eigenvalue weighted by atomic mass is 35.5. The minimum absolute atomic E-state index is 0.0957. The fourth-order valence-electron chi connectivity index (χ4n) is 5.42. The van der Waals surface area contributed by atoms with Gasteiger partial charge in [-0.05, 0) is 48.0 Å². The molecule has 19 heteroatoms. The van der Waals surface area contributed by atoms with E-state index in [1.165, 1.54) is 21.9 Å². The first-order valence-corrected chi connectivity index (χ1v) is 17.5. The van der Waals surface area contributed by atoms with Crippen LogP contribution in [0.2, 0.25) is 0 Å². The van der Waals surface area contributed by atoms with Crippen LogP contribution < -0.4 is 30.7 Å². The first-order chi connectivity index (χ1) is 24.5. The Bertz CT molecular complexity index is 1520. The number of ether oxygens (including phenoxy) is 4. The standard InChI is InChI=1S/C16H19ClFN3O4.C14H18FN3O3.C2H2Cl2O/c17-8-15(22)19-9-12-10-21(16(23)25-12)11-1-2-14(13(18)7-11)20-3-5-24-6-4-20;15-12-7-10(18-9-11(8-16)21-14(18)19)1-2-13(12)17-3-5-20-6-4-17;3-1-2(4)5/h1-2,7,12H,3-6,8-10H2,(H,19,22);1-2,7,11H,3-6,8-9,16H2;1H2/t12-;11-;/m00./s1. The molecule has 6 rings (SSSR count). The zero-order valence-electron chi connectivity index (χ0n) is 27.5. The van der Waals surface area contributed by atoms with Crippen LogP contribution in [0, 0.1) is 11.6 Å². The summed E-state index contributed by atoms with van der Waals surface area (Å²) in [5, 5.41) is 2.06. The Morgan fingerprint density at radius 1 is 0.765 bits per heavy atom. The number of benzene rings is 2. The summed E-state index contributed by atoms with van der Waals surface area (Å²) in [5.74, 6) is -1.33. The van der Waals surface area contributed by atoms with Crippen molar-refractivity contribution in [3.05, 3.63) is 48.0 Å². The zero-order valence-corrected chi connectivity index (χ0v) is 29.8. The highest BCUT2D eigenvalue weighted by Crippen LogP contribution is 2.29. The highest BCUT2D eigenvalue weighted by molar-refractivity contribution is 6.67. The second-order valence-electron chi connectivity index (χ2n) is 11.4. The number of alkyl halides is 2. The van der Waals surface area contributed by atoms with Crippen molar-refractivity contribution in [1.82, 2.24) is 5.32 Å². The number of carbonyl (C=O) groups excluding carboxylic acids is 4. The van der Waals surface area contributed by atoms with E-state index in [2.05, 4.69) is 5.32 Å². The van der Waals surface area contributed by atoms with Crippen LogP contribution in [0.15, 0.2) is 36.4 Å². The van der Waals surface area contributed by atoms with Gasteiger partial charge < -0.3 is 39.8 Å². The number of hydrogen-bond acceptors (Lipinski definition) is 11. The molecule has 51 heavy (non-hydrogen) atoms. The normalized spacial score (nSPS) is 20.1. The lowest BCUT2D eigenvalue weighted by atomic mass is 10.2. The molecule has 280 valence electrons. The number of anilines is 4. The van der Waals surface area contributed by atoms with E-state index >= 15 is 0 Å². The molecule has 3 amide bonds. The number of halogens is 5. The third kappa shape index (κ3) is 11.4. The molecule has 0 unspecified atom stereocenters. The average Bonchev–Trinajstić information content (AvgIpc) is 3.72. The molecule has 4 fully saturated rings. The van der Waals surface area contributed by atoms with Gasteiger partial charge in [-0.25, -0.2) is 18.4 Å². The number of carbonyl (C=O) groups is 4. The first-order valence-electron chi connectivity index (χ1n) is 16.0. The quantitative estimate of drug-likeness (QED) is 0.285. The van der Waals surface area contributed by atoms with Crippen LogP contribution in [0.3, 0.4) is 0 Å². The van der Waals surface area contributed by atoms with Crippen LogP contribution in [-0.4, -0.2) is 126 Å². The van der Waals surface area contributed by atoms with E-state index in [1.54, 1.807) is 24.3 Å². The molecule has 4 heterocycles. The number of morpholine rings is 2. The third-order valence-corrected chi connectivity index (χ3v) is 8.71. The van der Waals surface area contributed by atoms with E-state index in [-0.39, 0.29) is 49.2 Å². The molecular weight excluding hydrogens is 741 g/mol. The van der Waals surface area contributed by atoms with Crippen molar-refractivity contribution >= 4 is 80.9 Å². The van der Waals surface area contributed by atoms with Crippen molar-refractivity contribution in [2.24, 2.45) is 5.73 Å². The summed E-state index contributed by atoms with van der Waals surface area (Å²) in [6, 6.07) is 9.46. The Labute approximate surface area is 308 Å². The molecule has 0 saturated carbocycles. The topological polar surface area (TPSA) is 156 Å². The lowest BCUT2D eigenvalue weighted by Crippen LogP contribution is -2.37. The Morgan fingerprint density at radius 3 is 1.57 bits per heavy atom. The molecule has 2 atom stereocenters. The molecule has 4 aliphatic heterocycles. The molecular formula is C32H39Cl3F2N6O8. The van der Waals surface area contributed by atoms with Gasteiger partial charge in [0.25, 0.3) is 0 Å². The third-order valence-electron chi connectivity index (χ3n) is 7.95. The largest absolute Gasteiger partial charge is 0.443 e. The van der Waals surface area contributed by atoms with Gasteiger partial charge in [0, 0.05) is 32.7 Å². The summed E-state index contributed by atoms with van der Waals surface area (Å²) in [6.45, 7) is 5.92. The van der Waals surface area contributed by atoms with E-state index in [4.69, 9.17) is 59.5 Å². The lowest BCUT2D eigenvalue weighted by Gasteiger charge is -2.29. The number of cyclic esters (lactones) is 2. The van der Waals surface area contributed by atoms with E-state index in [0.717, 1.165) is 0 Å². The monoisotopic (exact) mass is 778 g/mol. The van der Waals surface area contributed by atoms with Crippen LogP contribution in [-0.2, 0) is 28.5 Å². The summed E-state index contributed by atoms with van der Waals surface area (Å²) in [7, 11) is 0. The van der Waals surface area contributed by atoms with Gasteiger partial charge >= 0.3 is 12.2 Å². The molecule has 0 radical (unpaired) electrons. The Balaban J connectivity index is 0.000000204. The summed E-state index contributed by atoms with van der Waals surface area (Å²) in [5.41, 5.74) is 7.43. The smallest absolute Gasteiger partial charge is 0.414 e. The van der Waals surface area contributed by atoms with Crippen LogP contribution in [0.25, 0.3) is 0 Å². The maximum absolute atomic E-state index is 14.5. The number of nitrogens with two attached hydrogens (primary N) is 1. The number of rotatable bonds is 9. The van der Waals surface area contributed by atoms with Crippen molar-refractivity contribution < 1.29 is 46.9 Å². The molecule has 0 aliphatic carbocycles. The van der Waals surface area contributed by atoms with Gasteiger partial charge in [0.1, 0.15) is 29.7 Å². The van der Waals surface area contributed by atoms with Crippen LogP contribution in [0.5, 0.6) is 0 Å². The molecule has 0 spiro atoms. The van der Waals surface area contributed by atoms with Crippen molar-refractivity contribution in [3.8, 4) is 0 Å². The number of nitrogens with one attached hydrogen (secondary N) is 1. The first kappa shape index (κ1) is 40.1.